The molecule has 0 aliphatic rings. The molecule has 2 heterocycles. The summed E-state index contributed by atoms with van der Waals surface area (Å²) in [6, 6.07) is 11.4. The highest BCUT2D eigenvalue weighted by atomic mass is 35.5. The summed E-state index contributed by atoms with van der Waals surface area (Å²) in [6.07, 6.45) is 1.71. The van der Waals surface area contributed by atoms with Crippen LogP contribution in [0.1, 0.15) is 15.9 Å². The Labute approximate surface area is 166 Å². The average molecular weight is 401 g/mol. The Morgan fingerprint density at radius 2 is 1.86 bits per heavy atom. The van der Waals surface area contributed by atoms with Gasteiger partial charge in [-0.05, 0) is 48.9 Å². The summed E-state index contributed by atoms with van der Waals surface area (Å²) in [4.78, 5) is 16.2. The van der Waals surface area contributed by atoms with Crippen LogP contribution >= 0.6 is 11.6 Å². The molecule has 2 aromatic heterocycles. The lowest BCUT2D eigenvalue weighted by Crippen LogP contribution is -2.29. The Morgan fingerprint density at radius 3 is 2.57 bits per heavy atom. The number of amides is 1. The zero-order chi connectivity index (χ0) is 19.9. The molecule has 3 aromatic rings. The monoisotopic (exact) mass is 400 g/mol. The average Bonchev–Trinajstić information content (AvgIpc) is 2.66. The zero-order valence-corrected chi connectivity index (χ0v) is 15.8. The van der Waals surface area contributed by atoms with Crippen LogP contribution in [0.25, 0.3) is 0 Å². The van der Waals surface area contributed by atoms with Crippen LogP contribution in [0.2, 0.25) is 5.02 Å². The lowest BCUT2D eigenvalue weighted by Gasteiger charge is -2.09. The predicted octanol–water partition coefficient (Wildman–Crippen LogP) is 3.56. The van der Waals surface area contributed by atoms with Crippen LogP contribution in [-0.2, 0) is 0 Å². The Hall–Kier alpha value is -3.26. The summed E-state index contributed by atoms with van der Waals surface area (Å²) < 4.78 is 13.7. The maximum atomic E-state index is 13.7. The van der Waals surface area contributed by atoms with Crippen molar-refractivity contribution in [2.45, 2.75) is 6.92 Å². The molecule has 28 heavy (non-hydrogen) atoms. The van der Waals surface area contributed by atoms with E-state index in [2.05, 4.69) is 31.1 Å². The van der Waals surface area contributed by atoms with Crippen molar-refractivity contribution in [2.24, 2.45) is 0 Å². The number of aromatic nitrogens is 3. The van der Waals surface area contributed by atoms with E-state index >= 15 is 0 Å². The highest BCUT2D eigenvalue weighted by molar-refractivity contribution is 6.33. The molecule has 0 radical (unpaired) electrons. The fourth-order valence-corrected chi connectivity index (χ4v) is 2.65. The largest absolute Gasteiger partial charge is 0.367 e. The highest BCUT2D eigenvalue weighted by Gasteiger charge is 2.14. The summed E-state index contributed by atoms with van der Waals surface area (Å²) in [5.41, 5.74) is 0.923. The third-order valence-corrected chi connectivity index (χ3v) is 4.06. The SMILES string of the molecule is Cc1ccnc(Nc2ccc(NCCNC(=O)c3c(F)cccc3Cl)nn2)c1. The molecule has 3 N–H and O–H groups in total. The summed E-state index contributed by atoms with van der Waals surface area (Å²) in [5.74, 6) is 0.563. The Balaban J connectivity index is 1.47. The molecule has 0 aliphatic carbocycles. The van der Waals surface area contributed by atoms with Gasteiger partial charge in [0.1, 0.15) is 17.5 Å². The van der Waals surface area contributed by atoms with E-state index < -0.39 is 11.7 Å². The lowest BCUT2D eigenvalue weighted by atomic mass is 10.2. The fraction of sp³-hybridized carbons (Fsp3) is 0.158. The van der Waals surface area contributed by atoms with Gasteiger partial charge in [0.25, 0.3) is 5.91 Å². The molecule has 0 saturated carbocycles. The molecular weight excluding hydrogens is 383 g/mol. The van der Waals surface area contributed by atoms with Gasteiger partial charge in [0.05, 0.1) is 10.6 Å². The van der Waals surface area contributed by atoms with E-state index in [9.17, 15) is 9.18 Å². The second kappa shape index (κ2) is 9.09. The second-order valence-electron chi connectivity index (χ2n) is 5.93. The van der Waals surface area contributed by atoms with E-state index in [4.69, 9.17) is 11.6 Å². The van der Waals surface area contributed by atoms with Crippen molar-refractivity contribution in [3.63, 3.8) is 0 Å². The first-order chi connectivity index (χ1) is 13.5. The molecule has 0 saturated heterocycles. The number of rotatable bonds is 7. The van der Waals surface area contributed by atoms with Crippen LogP contribution in [0.5, 0.6) is 0 Å². The molecule has 0 unspecified atom stereocenters. The number of nitrogens with one attached hydrogen (secondary N) is 3. The van der Waals surface area contributed by atoms with Gasteiger partial charge in [0.2, 0.25) is 0 Å². The number of hydrogen-bond acceptors (Lipinski definition) is 6. The van der Waals surface area contributed by atoms with Crippen molar-refractivity contribution >= 4 is 35.0 Å². The maximum Gasteiger partial charge on any atom is 0.255 e. The molecule has 0 atom stereocenters. The summed E-state index contributed by atoms with van der Waals surface area (Å²) >= 11 is 5.87. The van der Waals surface area contributed by atoms with Crippen LogP contribution in [0.3, 0.4) is 0 Å². The smallest absolute Gasteiger partial charge is 0.255 e. The van der Waals surface area contributed by atoms with Crippen LogP contribution in [0, 0.1) is 12.7 Å². The number of pyridine rings is 1. The molecule has 0 bridgehead atoms. The number of nitrogens with zero attached hydrogens (tertiary/aromatic N) is 3. The number of carbonyl (C=O) groups is 1. The van der Waals surface area contributed by atoms with Crippen LogP contribution in [0.4, 0.5) is 21.8 Å². The van der Waals surface area contributed by atoms with E-state index in [1.165, 1.54) is 18.2 Å². The second-order valence-corrected chi connectivity index (χ2v) is 6.33. The van der Waals surface area contributed by atoms with Crippen molar-refractivity contribution < 1.29 is 9.18 Å². The van der Waals surface area contributed by atoms with Gasteiger partial charge >= 0.3 is 0 Å². The lowest BCUT2D eigenvalue weighted by molar-refractivity contribution is 0.0951. The molecule has 1 amide bonds. The first kappa shape index (κ1) is 19.5. The van der Waals surface area contributed by atoms with Crippen molar-refractivity contribution in [1.29, 1.82) is 0 Å². The quantitative estimate of drug-likeness (QED) is 0.525. The Morgan fingerprint density at radius 1 is 1.07 bits per heavy atom. The Bertz CT molecular complexity index is 947. The predicted molar refractivity (Wildman–Crippen MR) is 107 cm³/mol. The van der Waals surface area contributed by atoms with E-state index in [-0.39, 0.29) is 17.1 Å². The molecule has 0 fully saturated rings. The van der Waals surface area contributed by atoms with Gasteiger partial charge in [-0.25, -0.2) is 9.37 Å². The molecule has 144 valence electrons. The Kier molecular flexibility index (Phi) is 6.33. The van der Waals surface area contributed by atoms with Crippen LogP contribution in [0.15, 0.2) is 48.7 Å². The van der Waals surface area contributed by atoms with Gasteiger partial charge in [0, 0.05) is 19.3 Å². The van der Waals surface area contributed by atoms with E-state index in [1.54, 1.807) is 18.3 Å². The molecule has 1 aromatic carbocycles. The van der Waals surface area contributed by atoms with Gasteiger partial charge in [-0.3, -0.25) is 4.79 Å². The number of benzene rings is 1. The van der Waals surface area contributed by atoms with Crippen LogP contribution in [-0.4, -0.2) is 34.2 Å². The van der Waals surface area contributed by atoms with Gasteiger partial charge < -0.3 is 16.0 Å². The minimum atomic E-state index is -0.657. The standard InChI is InChI=1S/C19H18ClFN6O/c1-12-7-8-22-17(11-12)25-16-6-5-15(26-27-16)23-9-10-24-19(28)18-13(20)3-2-4-14(18)21/h2-8,11H,9-10H2,1H3,(H,23,26)(H,24,28)(H,22,25,27). The third kappa shape index (κ3) is 5.14. The molecule has 9 heteroatoms. The van der Waals surface area contributed by atoms with Gasteiger partial charge in [-0.2, -0.15) is 0 Å². The van der Waals surface area contributed by atoms with Crippen molar-refractivity contribution in [2.75, 3.05) is 23.7 Å². The molecular formula is C19H18ClFN6O. The molecule has 3 rings (SSSR count). The van der Waals surface area contributed by atoms with Crippen LogP contribution < -0.4 is 16.0 Å². The fourth-order valence-electron chi connectivity index (χ4n) is 2.40. The summed E-state index contributed by atoms with van der Waals surface area (Å²) in [5, 5.41) is 16.9. The zero-order valence-electron chi connectivity index (χ0n) is 15.0. The summed E-state index contributed by atoms with van der Waals surface area (Å²) in [6.45, 7) is 2.63. The minimum absolute atomic E-state index is 0.0718. The first-order valence-electron chi connectivity index (χ1n) is 8.52. The molecule has 0 aliphatic heterocycles. The number of halogens is 2. The van der Waals surface area contributed by atoms with E-state index in [0.717, 1.165) is 5.56 Å². The number of anilines is 3. The topological polar surface area (TPSA) is 91.8 Å². The normalized spacial score (nSPS) is 10.4. The highest BCUT2D eigenvalue weighted by Crippen LogP contribution is 2.18. The number of carbonyl (C=O) groups excluding carboxylic acids is 1. The van der Waals surface area contributed by atoms with Gasteiger partial charge in [-0.15, -0.1) is 10.2 Å². The van der Waals surface area contributed by atoms with Crippen molar-refractivity contribution in [3.05, 3.63) is 70.6 Å². The third-order valence-electron chi connectivity index (χ3n) is 3.74. The summed E-state index contributed by atoms with van der Waals surface area (Å²) in [7, 11) is 0. The molecule has 7 nitrogen and oxygen atoms in total. The number of aryl methyl sites for hydroxylation is 1. The first-order valence-corrected chi connectivity index (χ1v) is 8.90. The van der Waals surface area contributed by atoms with E-state index in [0.29, 0.717) is 24.0 Å². The minimum Gasteiger partial charge on any atom is -0.367 e. The van der Waals surface area contributed by atoms with Gasteiger partial charge in [0.15, 0.2) is 5.82 Å². The maximum absolute atomic E-state index is 13.7. The van der Waals surface area contributed by atoms with Gasteiger partial charge in [-0.1, -0.05) is 17.7 Å². The molecule has 0 spiro atoms. The van der Waals surface area contributed by atoms with Crippen molar-refractivity contribution in [1.82, 2.24) is 20.5 Å². The van der Waals surface area contributed by atoms with Crippen molar-refractivity contribution in [3.8, 4) is 0 Å². The number of hydrogen-bond donors (Lipinski definition) is 3. The van der Waals surface area contributed by atoms with E-state index in [1.807, 2.05) is 19.1 Å².